The SMILES string of the molecule is CCNC(=O)C1OC(OC)C(OC(=O)c2ccccc2)C1OC(=O)c1ccccc1. The molecule has 158 valence electrons. The van der Waals surface area contributed by atoms with Crippen LogP contribution in [0.1, 0.15) is 27.6 Å². The van der Waals surface area contributed by atoms with Crippen LogP contribution in [0.3, 0.4) is 0 Å². The Hall–Kier alpha value is -3.23. The van der Waals surface area contributed by atoms with E-state index >= 15 is 0 Å². The van der Waals surface area contributed by atoms with Gasteiger partial charge in [-0.05, 0) is 31.2 Å². The molecule has 1 amide bonds. The highest BCUT2D eigenvalue weighted by atomic mass is 16.7. The van der Waals surface area contributed by atoms with Crippen molar-refractivity contribution in [3.05, 3.63) is 71.8 Å². The number of carbonyl (C=O) groups is 3. The summed E-state index contributed by atoms with van der Waals surface area (Å²) >= 11 is 0. The number of benzene rings is 2. The Labute approximate surface area is 174 Å². The monoisotopic (exact) mass is 413 g/mol. The molecule has 0 aromatic heterocycles. The largest absolute Gasteiger partial charge is 0.451 e. The van der Waals surface area contributed by atoms with Crippen molar-refractivity contribution in [3.8, 4) is 0 Å². The molecule has 0 saturated carbocycles. The molecule has 1 aliphatic rings. The van der Waals surface area contributed by atoms with Crippen LogP contribution in [0.4, 0.5) is 0 Å². The molecule has 1 fully saturated rings. The summed E-state index contributed by atoms with van der Waals surface area (Å²) in [5, 5.41) is 2.63. The average molecular weight is 413 g/mol. The summed E-state index contributed by atoms with van der Waals surface area (Å²) in [6.45, 7) is 2.10. The summed E-state index contributed by atoms with van der Waals surface area (Å²) in [5.41, 5.74) is 0.600. The van der Waals surface area contributed by atoms with Crippen LogP contribution in [-0.4, -0.2) is 56.1 Å². The smallest absolute Gasteiger partial charge is 0.338 e. The zero-order valence-electron chi connectivity index (χ0n) is 16.6. The highest BCUT2D eigenvalue weighted by Gasteiger charge is 2.53. The fraction of sp³-hybridized carbons (Fsp3) is 0.318. The zero-order valence-corrected chi connectivity index (χ0v) is 16.6. The highest BCUT2D eigenvalue weighted by molar-refractivity contribution is 5.91. The van der Waals surface area contributed by atoms with Gasteiger partial charge in [0.05, 0.1) is 11.1 Å². The van der Waals surface area contributed by atoms with Gasteiger partial charge in [0, 0.05) is 13.7 Å². The Morgan fingerprint density at radius 2 is 1.37 bits per heavy atom. The van der Waals surface area contributed by atoms with Crippen LogP contribution in [0.25, 0.3) is 0 Å². The number of amides is 1. The fourth-order valence-electron chi connectivity index (χ4n) is 3.09. The second-order valence-corrected chi connectivity index (χ2v) is 6.53. The third-order valence-electron chi connectivity index (χ3n) is 4.52. The summed E-state index contributed by atoms with van der Waals surface area (Å²) < 4.78 is 22.0. The fourth-order valence-corrected chi connectivity index (χ4v) is 3.09. The first-order chi connectivity index (χ1) is 14.5. The summed E-state index contributed by atoms with van der Waals surface area (Å²) in [4.78, 5) is 37.7. The standard InChI is InChI=1S/C22H23NO7/c1-3-23-19(24)17-16(28-20(25)14-10-6-4-7-11-14)18(22(27-2)30-17)29-21(26)15-12-8-5-9-13-15/h4-13,16-18,22H,3H2,1-2H3,(H,23,24). The zero-order chi connectivity index (χ0) is 21.5. The van der Waals surface area contributed by atoms with Crippen LogP contribution in [0.5, 0.6) is 0 Å². The lowest BCUT2D eigenvalue weighted by molar-refractivity contribution is -0.161. The number of carbonyl (C=O) groups excluding carboxylic acids is 3. The lowest BCUT2D eigenvalue weighted by Crippen LogP contribution is -2.46. The van der Waals surface area contributed by atoms with E-state index in [-0.39, 0.29) is 0 Å². The van der Waals surface area contributed by atoms with Crippen LogP contribution in [0.15, 0.2) is 60.7 Å². The maximum Gasteiger partial charge on any atom is 0.338 e. The van der Waals surface area contributed by atoms with E-state index in [1.165, 1.54) is 7.11 Å². The van der Waals surface area contributed by atoms with E-state index < -0.39 is 42.4 Å². The molecule has 4 unspecified atom stereocenters. The Balaban J connectivity index is 1.86. The highest BCUT2D eigenvalue weighted by Crippen LogP contribution is 2.29. The molecule has 0 bridgehead atoms. The summed E-state index contributed by atoms with van der Waals surface area (Å²) in [6, 6.07) is 16.6. The summed E-state index contributed by atoms with van der Waals surface area (Å²) in [5.74, 6) is -1.82. The molecule has 0 aliphatic carbocycles. The first-order valence-corrected chi connectivity index (χ1v) is 9.53. The molecule has 3 rings (SSSR count). The lowest BCUT2D eigenvalue weighted by Gasteiger charge is -2.23. The van der Waals surface area contributed by atoms with Crippen LogP contribution in [0.2, 0.25) is 0 Å². The molecular weight excluding hydrogens is 390 g/mol. The van der Waals surface area contributed by atoms with Gasteiger partial charge in [-0.2, -0.15) is 0 Å². The van der Waals surface area contributed by atoms with Crippen molar-refractivity contribution in [1.29, 1.82) is 0 Å². The van der Waals surface area contributed by atoms with Crippen molar-refractivity contribution < 1.29 is 33.3 Å². The Kier molecular flexibility index (Phi) is 7.16. The van der Waals surface area contributed by atoms with E-state index in [2.05, 4.69) is 5.32 Å². The first-order valence-electron chi connectivity index (χ1n) is 9.53. The number of nitrogens with one attached hydrogen (secondary N) is 1. The molecule has 0 radical (unpaired) electrons. The van der Waals surface area contributed by atoms with E-state index in [4.69, 9.17) is 18.9 Å². The van der Waals surface area contributed by atoms with Crippen LogP contribution < -0.4 is 5.32 Å². The number of rotatable bonds is 7. The molecule has 4 atom stereocenters. The molecule has 1 aliphatic heterocycles. The normalized spacial score (nSPS) is 22.9. The number of methoxy groups -OCH3 is 1. The number of hydrogen-bond donors (Lipinski definition) is 1. The maximum atomic E-state index is 12.6. The topological polar surface area (TPSA) is 100 Å². The predicted molar refractivity (Wildman–Crippen MR) is 106 cm³/mol. The van der Waals surface area contributed by atoms with Crippen molar-refractivity contribution >= 4 is 17.8 Å². The van der Waals surface area contributed by atoms with Gasteiger partial charge >= 0.3 is 11.9 Å². The van der Waals surface area contributed by atoms with Gasteiger partial charge in [0.15, 0.2) is 24.6 Å². The third kappa shape index (κ3) is 4.84. The van der Waals surface area contributed by atoms with E-state index in [1.807, 2.05) is 0 Å². The maximum absolute atomic E-state index is 12.6. The quantitative estimate of drug-likeness (QED) is 0.693. The van der Waals surface area contributed by atoms with Crippen molar-refractivity contribution in [2.75, 3.05) is 13.7 Å². The van der Waals surface area contributed by atoms with E-state index in [0.29, 0.717) is 17.7 Å². The van der Waals surface area contributed by atoms with E-state index in [9.17, 15) is 14.4 Å². The van der Waals surface area contributed by atoms with Crippen LogP contribution in [-0.2, 0) is 23.7 Å². The number of likely N-dealkylation sites (N-methyl/N-ethyl adjacent to an activating group) is 1. The second-order valence-electron chi connectivity index (χ2n) is 6.53. The molecule has 1 N–H and O–H groups in total. The number of hydrogen-bond acceptors (Lipinski definition) is 7. The number of ether oxygens (including phenoxy) is 4. The van der Waals surface area contributed by atoms with Crippen molar-refractivity contribution in [2.45, 2.75) is 31.5 Å². The summed E-state index contributed by atoms with van der Waals surface area (Å²) in [7, 11) is 1.35. The summed E-state index contributed by atoms with van der Waals surface area (Å²) in [6.07, 6.45) is -4.61. The minimum absolute atomic E-state index is 0.293. The molecule has 2 aromatic rings. The molecule has 8 heteroatoms. The lowest BCUT2D eigenvalue weighted by atomic mass is 10.1. The van der Waals surface area contributed by atoms with Gasteiger partial charge in [-0.15, -0.1) is 0 Å². The Morgan fingerprint density at radius 1 is 0.867 bits per heavy atom. The Bertz CT molecular complexity index is 872. The third-order valence-corrected chi connectivity index (χ3v) is 4.52. The number of esters is 2. The van der Waals surface area contributed by atoms with Crippen molar-refractivity contribution in [3.63, 3.8) is 0 Å². The van der Waals surface area contributed by atoms with Gasteiger partial charge in [-0.3, -0.25) is 4.79 Å². The molecule has 30 heavy (non-hydrogen) atoms. The van der Waals surface area contributed by atoms with E-state index in [1.54, 1.807) is 67.6 Å². The van der Waals surface area contributed by atoms with Gasteiger partial charge in [0.25, 0.3) is 5.91 Å². The van der Waals surface area contributed by atoms with Gasteiger partial charge in [0.1, 0.15) is 0 Å². The molecule has 8 nitrogen and oxygen atoms in total. The van der Waals surface area contributed by atoms with Gasteiger partial charge in [-0.25, -0.2) is 9.59 Å². The Morgan fingerprint density at radius 3 is 1.83 bits per heavy atom. The molecule has 0 spiro atoms. The van der Waals surface area contributed by atoms with Gasteiger partial charge < -0.3 is 24.3 Å². The van der Waals surface area contributed by atoms with Crippen molar-refractivity contribution in [1.82, 2.24) is 5.32 Å². The van der Waals surface area contributed by atoms with Crippen LogP contribution >= 0.6 is 0 Å². The second kappa shape index (κ2) is 10.00. The minimum Gasteiger partial charge on any atom is -0.451 e. The average Bonchev–Trinajstić information content (AvgIpc) is 3.12. The van der Waals surface area contributed by atoms with Gasteiger partial charge in [-0.1, -0.05) is 36.4 Å². The van der Waals surface area contributed by atoms with E-state index in [0.717, 1.165) is 0 Å². The van der Waals surface area contributed by atoms with Gasteiger partial charge in [0.2, 0.25) is 0 Å². The predicted octanol–water partition coefficient (Wildman–Crippen LogP) is 1.94. The molecule has 2 aromatic carbocycles. The molecule has 1 saturated heterocycles. The molecular formula is C22H23NO7. The molecule has 1 heterocycles. The van der Waals surface area contributed by atoms with Crippen molar-refractivity contribution in [2.24, 2.45) is 0 Å². The van der Waals surface area contributed by atoms with Crippen LogP contribution in [0, 0.1) is 0 Å². The first kappa shape index (κ1) is 21.5. The minimum atomic E-state index is -1.20.